The molecule has 0 atom stereocenters. The summed E-state index contributed by atoms with van der Waals surface area (Å²) in [5.41, 5.74) is 2.14. The third-order valence-corrected chi connectivity index (χ3v) is 4.96. The highest BCUT2D eigenvalue weighted by atomic mass is 79.9. The summed E-state index contributed by atoms with van der Waals surface area (Å²) in [5.74, 6) is 0.932. The van der Waals surface area contributed by atoms with Gasteiger partial charge in [0.15, 0.2) is 0 Å². The summed E-state index contributed by atoms with van der Waals surface area (Å²) in [6.45, 7) is 3.98. The van der Waals surface area contributed by atoms with Crippen molar-refractivity contribution in [3.8, 4) is 5.69 Å². The second-order valence-electron chi connectivity index (χ2n) is 4.36. The second kappa shape index (κ2) is 6.74. The SMILES string of the molecule is CCCSC(=S)c1c(C)[nH]n(-c2ccc(Br)cc2)c1=O. The van der Waals surface area contributed by atoms with Gasteiger partial charge in [-0.2, -0.15) is 0 Å². The summed E-state index contributed by atoms with van der Waals surface area (Å²) in [6, 6.07) is 7.57. The molecule has 0 fully saturated rings. The molecular formula is C14H15BrN2OS2. The fourth-order valence-electron chi connectivity index (χ4n) is 1.83. The molecule has 1 aromatic heterocycles. The van der Waals surface area contributed by atoms with E-state index >= 15 is 0 Å². The molecule has 0 saturated heterocycles. The molecule has 0 aliphatic carbocycles. The Kier molecular flexibility index (Phi) is 5.23. The lowest BCUT2D eigenvalue weighted by molar-refractivity contribution is 0.835. The minimum atomic E-state index is -0.0848. The third-order valence-electron chi connectivity index (χ3n) is 2.80. The predicted molar refractivity (Wildman–Crippen MR) is 93.3 cm³/mol. The number of aromatic nitrogens is 2. The number of rotatable bonds is 4. The molecule has 3 nitrogen and oxygen atoms in total. The van der Waals surface area contributed by atoms with Gasteiger partial charge in [-0.3, -0.25) is 9.89 Å². The second-order valence-corrected chi connectivity index (χ2v) is 7.05. The standard InChI is InChI=1S/C14H15BrN2OS2/c1-3-8-20-14(19)12-9(2)16-17(13(12)18)11-6-4-10(15)5-7-11/h4-7,16H,3,8H2,1-2H3. The Hall–Kier alpha value is -0.850. The van der Waals surface area contributed by atoms with Crippen LogP contribution in [0.5, 0.6) is 0 Å². The monoisotopic (exact) mass is 370 g/mol. The average molecular weight is 371 g/mol. The topological polar surface area (TPSA) is 37.8 Å². The molecule has 0 amide bonds. The maximum Gasteiger partial charge on any atom is 0.280 e. The first-order valence-electron chi connectivity index (χ1n) is 6.29. The largest absolute Gasteiger partial charge is 0.295 e. The first-order valence-corrected chi connectivity index (χ1v) is 8.48. The molecule has 0 unspecified atom stereocenters. The fourth-order valence-corrected chi connectivity index (χ4v) is 3.35. The van der Waals surface area contributed by atoms with Crippen molar-refractivity contribution in [2.45, 2.75) is 20.3 Å². The number of halogens is 1. The first kappa shape index (κ1) is 15.5. The van der Waals surface area contributed by atoms with Crippen LogP contribution in [0.25, 0.3) is 5.69 Å². The van der Waals surface area contributed by atoms with Gasteiger partial charge in [-0.15, -0.1) is 11.8 Å². The van der Waals surface area contributed by atoms with Gasteiger partial charge < -0.3 is 0 Å². The summed E-state index contributed by atoms with van der Waals surface area (Å²) in [5, 5.41) is 3.09. The van der Waals surface area contributed by atoms with E-state index < -0.39 is 0 Å². The van der Waals surface area contributed by atoms with E-state index in [4.69, 9.17) is 12.2 Å². The Morgan fingerprint density at radius 3 is 2.65 bits per heavy atom. The molecule has 0 aliphatic heterocycles. The Bertz CT molecular complexity index is 673. The smallest absolute Gasteiger partial charge is 0.280 e. The number of thioether (sulfide) groups is 1. The molecule has 2 aromatic rings. The van der Waals surface area contributed by atoms with E-state index in [0.717, 1.165) is 28.0 Å². The highest BCUT2D eigenvalue weighted by Crippen LogP contribution is 2.17. The van der Waals surface area contributed by atoms with Crippen molar-refractivity contribution in [1.82, 2.24) is 9.78 Å². The molecule has 1 N–H and O–H groups in total. The van der Waals surface area contributed by atoms with Crippen LogP contribution in [0.15, 0.2) is 33.5 Å². The third kappa shape index (κ3) is 3.24. The van der Waals surface area contributed by atoms with Gasteiger partial charge in [0, 0.05) is 10.2 Å². The maximum atomic E-state index is 12.5. The number of benzene rings is 1. The molecular weight excluding hydrogens is 356 g/mol. The number of hydrogen-bond donors (Lipinski definition) is 1. The number of nitrogens with one attached hydrogen (secondary N) is 1. The van der Waals surface area contributed by atoms with Crippen LogP contribution in [0.4, 0.5) is 0 Å². The lowest BCUT2D eigenvalue weighted by Crippen LogP contribution is -2.19. The zero-order valence-corrected chi connectivity index (χ0v) is 14.5. The summed E-state index contributed by atoms with van der Waals surface area (Å²) in [7, 11) is 0. The highest BCUT2D eigenvalue weighted by molar-refractivity contribution is 9.10. The highest BCUT2D eigenvalue weighted by Gasteiger charge is 2.16. The zero-order chi connectivity index (χ0) is 14.7. The van der Waals surface area contributed by atoms with Crippen molar-refractivity contribution in [2.24, 2.45) is 0 Å². The number of hydrogen-bond acceptors (Lipinski definition) is 3. The normalized spacial score (nSPS) is 10.8. The van der Waals surface area contributed by atoms with Crippen molar-refractivity contribution < 1.29 is 0 Å². The van der Waals surface area contributed by atoms with Gasteiger partial charge in [-0.25, -0.2) is 4.68 Å². The van der Waals surface area contributed by atoms with Crippen LogP contribution in [-0.2, 0) is 0 Å². The van der Waals surface area contributed by atoms with Crippen LogP contribution in [-0.4, -0.2) is 19.7 Å². The van der Waals surface area contributed by atoms with Crippen molar-refractivity contribution in [3.63, 3.8) is 0 Å². The van der Waals surface area contributed by atoms with Crippen molar-refractivity contribution in [1.29, 1.82) is 0 Å². The van der Waals surface area contributed by atoms with E-state index in [0.29, 0.717) is 9.76 Å². The van der Waals surface area contributed by atoms with Crippen LogP contribution >= 0.6 is 39.9 Å². The molecule has 0 saturated carbocycles. The summed E-state index contributed by atoms with van der Waals surface area (Å²) < 4.78 is 3.18. The average Bonchev–Trinajstić information content (AvgIpc) is 2.72. The molecule has 1 heterocycles. The van der Waals surface area contributed by atoms with E-state index in [1.54, 1.807) is 11.8 Å². The van der Waals surface area contributed by atoms with Crippen LogP contribution in [0.3, 0.4) is 0 Å². The van der Waals surface area contributed by atoms with Crippen molar-refractivity contribution >= 4 is 44.1 Å². The molecule has 0 spiro atoms. The van der Waals surface area contributed by atoms with Gasteiger partial charge in [0.05, 0.1) is 15.4 Å². The van der Waals surface area contributed by atoms with E-state index in [1.807, 2.05) is 31.2 Å². The van der Waals surface area contributed by atoms with Gasteiger partial charge >= 0.3 is 0 Å². The summed E-state index contributed by atoms with van der Waals surface area (Å²) >= 11 is 10.3. The Morgan fingerprint density at radius 1 is 1.40 bits per heavy atom. The van der Waals surface area contributed by atoms with Gasteiger partial charge in [0.25, 0.3) is 5.56 Å². The molecule has 20 heavy (non-hydrogen) atoms. The molecule has 2 rings (SSSR count). The number of nitrogens with zero attached hydrogens (tertiary/aromatic N) is 1. The van der Waals surface area contributed by atoms with Gasteiger partial charge in [-0.1, -0.05) is 35.1 Å². The van der Waals surface area contributed by atoms with Crippen molar-refractivity contribution in [2.75, 3.05) is 5.75 Å². The summed E-state index contributed by atoms with van der Waals surface area (Å²) in [6.07, 6.45) is 1.04. The molecule has 0 bridgehead atoms. The zero-order valence-electron chi connectivity index (χ0n) is 11.3. The lowest BCUT2D eigenvalue weighted by atomic mass is 10.3. The van der Waals surface area contributed by atoms with Gasteiger partial charge in [0.2, 0.25) is 0 Å². The Morgan fingerprint density at radius 2 is 2.05 bits per heavy atom. The van der Waals surface area contributed by atoms with E-state index in [9.17, 15) is 4.79 Å². The fraction of sp³-hybridized carbons (Fsp3) is 0.286. The number of H-pyrrole nitrogens is 1. The minimum Gasteiger partial charge on any atom is -0.295 e. The lowest BCUT2D eigenvalue weighted by Gasteiger charge is -2.01. The van der Waals surface area contributed by atoms with E-state index in [1.165, 1.54) is 4.68 Å². The van der Waals surface area contributed by atoms with Crippen LogP contribution in [0.2, 0.25) is 0 Å². The summed E-state index contributed by atoms with van der Waals surface area (Å²) in [4.78, 5) is 12.5. The number of thiocarbonyl (C=S) groups is 1. The molecule has 1 aromatic carbocycles. The van der Waals surface area contributed by atoms with Crippen LogP contribution in [0.1, 0.15) is 24.6 Å². The van der Waals surface area contributed by atoms with Gasteiger partial charge in [0.1, 0.15) is 0 Å². The van der Waals surface area contributed by atoms with Crippen molar-refractivity contribution in [3.05, 3.63) is 50.3 Å². The molecule has 6 heteroatoms. The van der Waals surface area contributed by atoms with Crippen LogP contribution in [0, 0.1) is 6.92 Å². The van der Waals surface area contributed by atoms with Gasteiger partial charge in [-0.05, 0) is 43.4 Å². The maximum absolute atomic E-state index is 12.5. The van der Waals surface area contributed by atoms with E-state index in [-0.39, 0.29) is 5.56 Å². The predicted octanol–water partition coefficient (Wildman–Crippen LogP) is 4.06. The van der Waals surface area contributed by atoms with E-state index in [2.05, 4.69) is 28.0 Å². The number of aromatic amines is 1. The Labute approximate surface area is 135 Å². The first-order chi connectivity index (χ1) is 9.54. The Balaban J connectivity index is 2.41. The molecule has 0 radical (unpaired) electrons. The quantitative estimate of drug-likeness (QED) is 0.824. The molecule has 0 aliphatic rings. The van der Waals surface area contributed by atoms with Crippen LogP contribution < -0.4 is 5.56 Å². The molecule has 106 valence electrons. The minimum absolute atomic E-state index is 0.0848. The number of aryl methyl sites for hydroxylation is 1.